The molecule has 0 saturated carbocycles. The van der Waals surface area contributed by atoms with Crippen LogP contribution >= 0.6 is 0 Å². The van der Waals surface area contributed by atoms with Crippen molar-refractivity contribution in [3.05, 3.63) is 53.3 Å². The largest absolute Gasteiger partial charge is 0.494 e. The molecule has 6 heteroatoms. The fourth-order valence-electron chi connectivity index (χ4n) is 2.41. The number of nitrogens with one attached hydrogen (secondary N) is 1. The van der Waals surface area contributed by atoms with Gasteiger partial charge in [-0.1, -0.05) is 0 Å². The average Bonchev–Trinajstić information content (AvgIpc) is 2.85. The van der Waals surface area contributed by atoms with Gasteiger partial charge in [0.1, 0.15) is 11.6 Å². The van der Waals surface area contributed by atoms with E-state index in [1.165, 1.54) is 19.2 Å². The summed E-state index contributed by atoms with van der Waals surface area (Å²) in [5, 5.41) is 0.110. The lowest BCUT2D eigenvalue weighted by atomic mass is 10.1. The molecule has 0 amide bonds. The molecule has 1 aromatic heterocycles. The first kappa shape index (κ1) is 14.2. The standard InChI is InChI=1S/C16H10F3NO2/c1-22-14-3-2-8(4-12(14)18)15-11(7-21)10-5-9(17)6-13(19)16(10)20-15/h2-7,20H,1H3. The highest BCUT2D eigenvalue weighted by molar-refractivity contribution is 6.04. The van der Waals surface area contributed by atoms with Crippen LogP contribution in [-0.4, -0.2) is 18.4 Å². The highest BCUT2D eigenvalue weighted by atomic mass is 19.1. The molecule has 0 bridgehead atoms. The summed E-state index contributed by atoms with van der Waals surface area (Å²) in [6.45, 7) is 0. The van der Waals surface area contributed by atoms with Crippen molar-refractivity contribution < 1.29 is 22.7 Å². The molecule has 3 rings (SSSR count). The van der Waals surface area contributed by atoms with E-state index in [-0.39, 0.29) is 27.9 Å². The number of rotatable bonds is 3. The predicted molar refractivity (Wildman–Crippen MR) is 75.5 cm³/mol. The molecule has 0 saturated heterocycles. The molecule has 1 heterocycles. The van der Waals surface area contributed by atoms with Crippen LogP contribution in [0.2, 0.25) is 0 Å². The second-order valence-corrected chi connectivity index (χ2v) is 4.69. The van der Waals surface area contributed by atoms with Crippen molar-refractivity contribution in [2.75, 3.05) is 7.11 Å². The SMILES string of the molecule is COc1ccc(-c2[nH]c3c(F)cc(F)cc3c2C=O)cc1F. The van der Waals surface area contributed by atoms with Crippen LogP contribution in [0, 0.1) is 17.5 Å². The van der Waals surface area contributed by atoms with Crippen molar-refractivity contribution in [3.8, 4) is 17.0 Å². The number of aldehydes is 1. The van der Waals surface area contributed by atoms with Crippen molar-refractivity contribution in [3.63, 3.8) is 0 Å². The van der Waals surface area contributed by atoms with Crippen LogP contribution in [-0.2, 0) is 0 Å². The Morgan fingerprint density at radius 3 is 2.50 bits per heavy atom. The Bertz CT molecular complexity index is 887. The number of aromatic amines is 1. The molecule has 0 aliphatic carbocycles. The molecule has 2 aromatic carbocycles. The number of carbonyl (C=O) groups is 1. The van der Waals surface area contributed by atoms with E-state index in [0.717, 1.165) is 12.1 Å². The molecule has 0 atom stereocenters. The fourth-order valence-corrected chi connectivity index (χ4v) is 2.41. The van der Waals surface area contributed by atoms with Gasteiger partial charge in [-0.25, -0.2) is 13.2 Å². The first-order valence-corrected chi connectivity index (χ1v) is 6.35. The van der Waals surface area contributed by atoms with Gasteiger partial charge in [-0.3, -0.25) is 4.79 Å². The van der Waals surface area contributed by atoms with Gasteiger partial charge in [0.15, 0.2) is 17.9 Å². The Hall–Kier alpha value is -2.76. The maximum absolute atomic E-state index is 13.8. The summed E-state index contributed by atoms with van der Waals surface area (Å²) in [6.07, 6.45) is 0.481. The summed E-state index contributed by atoms with van der Waals surface area (Å²) < 4.78 is 45.8. The minimum atomic E-state index is -0.821. The first-order chi connectivity index (χ1) is 10.5. The molecular weight excluding hydrogens is 295 g/mol. The summed E-state index contributed by atoms with van der Waals surface area (Å²) in [5.41, 5.74) is 0.611. The van der Waals surface area contributed by atoms with E-state index in [0.29, 0.717) is 17.9 Å². The molecule has 0 fully saturated rings. The van der Waals surface area contributed by atoms with Crippen LogP contribution in [0.1, 0.15) is 10.4 Å². The second-order valence-electron chi connectivity index (χ2n) is 4.69. The highest BCUT2D eigenvalue weighted by Crippen LogP contribution is 2.32. The lowest BCUT2D eigenvalue weighted by Gasteiger charge is -2.04. The maximum atomic E-state index is 13.8. The molecule has 0 radical (unpaired) electrons. The summed E-state index contributed by atoms with van der Waals surface area (Å²) in [6, 6.07) is 5.84. The molecule has 0 spiro atoms. The molecule has 3 nitrogen and oxygen atoms in total. The third kappa shape index (κ3) is 2.13. The van der Waals surface area contributed by atoms with E-state index in [9.17, 15) is 18.0 Å². The molecule has 0 aliphatic heterocycles. The summed E-state index contributed by atoms with van der Waals surface area (Å²) >= 11 is 0. The van der Waals surface area contributed by atoms with Crippen molar-refractivity contribution in [2.45, 2.75) is 0 Å². The third-order valence-electron chi connectivity index (χ3n) is 3.42. The number of ether oxygens (including phenoxy) is 1. The number of carbonyl (C=O) groups excluding carboxylic acids is 1. The van der Waals surface area contributed by atoms with Crippen LogP contribution in [0.5, 0.6) is 5.75 Å². The number of hydrogen-bond donors (Lipinski definition) is 1. The van der Waals surface area contributed by atoms with Gasteiger partial charge < -0.3 is 9.72 Å². The van der Waals surface area contributed by atoms with Crippen molar-refractivity contribution >= 4 is 17.2 Å². The zero-order valence-corrected chi connectivity index (χ0v) is 11.4. The number of methoxy groups -OCH3 is 1. The zero-order valence-electron chi connectivity index (χ0n) is 11.4. The maximum Gasteiger partial charge on any atom is 0.165 e. The Kier molecular flexibility index (Phi) is 3.36. The minimum absolute atomic E-state index is 0.00488. The van der Waals surface area contributed by atoms with E-state index in [1.54, 1.807) is 0 Å². The van der Waals surface area contributed by atoms with Crippen molar-refractivity contribution in [1.82, 2.24) is 4.98 Å². The summed E-state index contributed by atoms with van der Waals surface area (Å²) in [5.74, 6) is -2.19. The number of hydrogen-bond acceptors (Lipinski definition) is 2. The number of aromatic nitrogens is 1. The molecule has 0 aliphatic rings. The van der Waals surface area contributed by atoms with E-state index in [2.05, 4.69) is 4.98 Å². The molecule has 112 valence electrons. The molecule has 22 heavy (non-hydrogen) atoms. The van der Waals surface area contributed by atoms with Gasteiger partial charge in [0.05, 0.1) is 18.3 Å². The van der Waals surface area contributed by atoms with Gasteiger partial charge in [-0.05, 0) is 24.3 Å². The van der Waals surface area contributed by atoms with Gasteiger partial charge in [-0.15, -0.1) is 0 Å². The van der Waals surface area contributed by atoms with Crippen molar-refractivity contribution in [1.29, 1.82) is 0 Å². The molecule has 3 aromatic rings. The summed E-state index contributed by atoms with van der Waals surface area (Å²) in [7, 11) is 1.33. The van der Waals surface area contributed by atoms with E-state index >= 15 is 0 Å². The monoisotopic (exact) mass is 305 g/mol. The van der Waals surface area contributed by atoms with Crippen LogP contribution in [0.3, 0.4) is 0 Å². The molecular formula is C16H10F3NO2. The number of halogens is 3. The normalized spacial score (nSPS) is 10.9. The minimum Gasteiger partial charge on any atom is -0.494 e. The predicted octanol–water partition coefficient (Wildman–Crippen LogP) is 4.07. The lowest BCUT2D eigenvalue weighted by Crippen LogP contribution is -1.90. The van der Waals surface area contributed by atoms with E-state index < -0.39 is 17.5 Å². The topological polar surface area (TPSA) is 42.1 Å². The Morgan fingerprint density at radius 1 is 1.09 bits per heavy atom. The van der Waals surface area contributed by atoms with Gasteiger partial charge in [0.25, 0.3) is 0 Å². The smallest absolute Gasteiger partial charge is 0.165 e. The van der Waals surface area contributed by atoms with E-state index in [4.69, 9.17) is 4.74 Å². The Labute approximate surface area is 123 Å². The number of benzene rings is 2. The zero-order chi connectivity index (χ0) is 15.9. The van der Waals surface area contributed by atoms with Gasteiger partial charge >= 0.3 is 0 Å². The fraction of sp³-hybridized carbons (Fsp3) is 0.0625. The average molecular weight is 305 g/mol. The van der Waals surface area contributed by atoms with Gasteiger partial charge in [-0.2, -0.15) is 0 Å². The van der Waals surface area contributed by atoms with Crippen LogP contribution in [0.25, 0.3) is 22.2 Å². The number of fused-ring (bicyclic) bond motifs is 1. The first-order valence-electron chi connectivity index (χ1n) is 6.35. The van der Waals surface area contributed by atoms with Crippen LogP contribution < -0.4 is 4.74 Å². The summed E-state index contributed by atoms with van der Waals surface area (Å²) in [4.78, 5) is 14.0. The molecule has 1 N–H and O–H groups in total. The third-order valence-corrected chi connectivity index (χ3v) is 3.42. The Morgan fingerprint density at radius 2 is 1.86 bits per heavy atom. The van der Waals surface area contributed by atoms with Gasteiger partial charge in [0.2, 0.25) is 0 Å². The van der Waals surface area contributed by atoms with Gasteiger partial charge in [0, 0.05) is 22.6 Å². The number of H-pyrrole nitrogens is 1. The highest BCUT2D eigenvalue weighted by Gasteiger charge is 2.17. The second kappa shape index (κ2) is 5.22. The van der Waals surface area contributed by atoms with E-state index in [1.807, 2.05) is 0 Å². The lowest BCUT2D eigenvalue weighted by molar-refractivity contribution is 0.112. The van der Waals surface area contributed by atoms with Crippen LogP contribution in [0.15, 0.2) is 30.3 Å². The molecule has 0 unspecified atom stereocenters. The van der Waals surface area contributed by atoms with Crippen LogP contribution in [0.4, 0.5) is 13.2 Å². The quantitative estimate of drug-likeness (QED) is 0.741. The van der Waals surface area contributed by atoms with Crippen molar-refractivity contribution in [2.24, 2.45) is 0 Å². The Balaban J connectivity index is 2.29.